The summed E-state index contributed by atoms with van der Waals surface area (Å²) in [6.45, 7) is 1.40. The molecule has 0 radical (unpaired) electrons. The van der Waals surface area contributed by atoms with Gasteiger partial charge in [0.25, 0.3) is 12.0 Å². The summed E-state index contributed by atoms with van der Waals surface area (Å²) in [6.07, 6.45) is -2.54. The lowest BCUT2D eigenvalue weighted by molar-refractivity contribution is 0.110. The van der Waals surface area contributed by atoms with Crippen molar-refractivity contribution in [1.29, 1.82) is 0 Å². The van der Waals surface area contributed by atoms with Gasteiger partial charge in [-0.2, -0.15) is 0 Å². The average molecular weight is 187 g/mol. The van der Waals surface area contributed by atoms with Crippen LogP contribution in [0.15, 0.2) is 10.9 Å². The fraction of sp³-hybridized carbons (Fsp3) is 0.250. The summed E-state index contributed by atoms with van der Waals surface area (Å²) in [5.74, 6) is 0. The van der Waals surface area contributed by atoms with E-state index >= 15 is 0 Å². The summed E-state index contributed by atoms with van der Waals surface area (Å²) in [7, 11) is 0. The Bertz CT molecular complexity index is 384. The molecule has 1 N–H and O–H groups in total. The minimum Gasteiger partial charge on any atom is -0.319 e. The van der Waals surface area contributed by atoms with Gasteiger partial charge < -0.3 is 4.98 Å². The van der Waals surface area contributed by atoms with Gasteiger partial charge in [-0.25, -0.2) is 8.78 Å². The van der Waals surface area contributed by atoms with E-state index < -0.39 is 17.5 Å². The minimum atomic E-state index is -2.75. The van der Waals surface area contributed by atoms with Gasteiger partial charge in [0, 0.05) is 11.1 Å². The first-order chi connectivity index (χ1) is 6.06. The second kappa shape index (κ2) is 3.47. The highest BCUT2D eigenvalue weighted by Crippen LogP contribution is 2.19. The van der Waals surface area contributed by atoms with Crippen LogP contribution in [-0.4, -0.2) is 11.3 Å². The maximum Gasteiger partial charge on any atom is 0.265 e. The number of alkyl halides is 2. The molecule has 0 aliphatic rings. The van der Waals surface area contributed by atoms with Crippen LogP contribution in [0.3, 0.4) is 0 Å². The zero-order valence-electron chi connectivity index (χ0n) is 6.80. The Labute approximate surface area is 72.4 Å². The van der Waals surface area contributed by atoms with E-state index in [9.17, 15) is 18.4 Å². The molecule has 0 aliphatic heterocycles. The molecular weight excluding hydrogens is 180 g/mol. The molecule has 5 heteroatoms. The van der Waals surface area contributed by atoms with Crippen LogP contribution in [0.4, 0.5) is 8.78 Å². The molecule has 0 bridgehead atoms. The molecule has 1 rings (SSSR count). The number of halogens is 2. The third-order valence-corrected chi connectivity index (χ3v) is 1.64. The van der Waals surface area contributed by atoms with E-state index in [4.69, 9.17) is 0 Å². The third-order valence-electron chi connectivity index (χ3n) is 1.64. The molecule has 3 nitrogen and oxygen atoms in total. The van der Waals surface area contributed by atoms with Crippen molar-refractivity contribution >= 4 is 6.29 Å². The zero-order chi connectivity index (χ0) is 10.0. The molecule has 0 spiro atoms. The quantitative estimate of drug-likeness (QED) is 0.712. The van der Waals surface area contributed by atoms with E-state index in [1.165, 1.54) is 6.92 Å². The molecule has 0 saturated heterocycles. The van der Waals surface area contributed by atoms with Crippen LogP contribution < -0.4 is 5.56 Å². The standard InChI is InChI=1S/C8H7F2NO2/c1-4-2-5(7(9)10)6(3-12)11-8(4)13/h2-3,7H,1H3,(H,11,13). The van der Waals surface area contributed by atoms with Crippen LogP contribution in [0, 0.1) is 6.92 Å². The second-order valence-electron chi connectivity index (χ2n) is 2.57. The van der Waals surface area contributed by atoms with E-state index in [1.54, 1.807) is 0 Å². The largest absolute Gasteiger partial charge is 0.319 e. The summed E-state index contributed by atoms with van der Waals surface area (Å²) in [5, 5.41) is 0. The molecule has 0 saturated carbocycles. The average Bonchev–Trinajstić information content (AvgIpc) is 2.08. The van der Waals surface area contributed by atoms with Crippen molar-refractivity contribution in [3.8, 4) is 0 Å². The first kappa shape index (κ1) is 9.57. The maximum atomic E-state index is 12.2. The van der Waals surface area contributed by atoms with Crippen molar-refractivity contribution in [3.63, 3.8) is 0 Å². The lowest BCUT2D eigenvalue weighted by Gasteiger charge is -2.03. The number of hydrogen-bond donors (Lipinski definition) is 1. The summed E-state index contributed by atoms with van der Waals surface area (Å²) >= 11 is 0. The topological polar surface area (TPSA) is 49.9 Å². The lowest BCUT2D eigenvalue weighted by Crippen LogP contribution is -2.14. The number of aromatic amines is 1. The van der Waals surface area contributed by atoms with E-state index in [0.717, 1.165) is 6.07 Å². The SMILES string of the molecule is Cc1cc(C(F)F)c(C=O)[nH]c1=O. The number of hydrogen-bond acceptors (Lipinski definition) is 2. The van der Waals surface area contributed by atoms with Crippen molar-refractivity contribution in [2.24, 2.45) is 0 Å². The van der Waals surface area contributed by atoms with Gasteiger partial charge in [-0.15, -0.1) is 0 Å². The number of aldehydes is 1. The van der Waals surface area contributed by atoms with Gasteiger partial charge in [0.2, 0.25) is 0 Å². The number of H-pyrrole nitrogens is 1. The van der Waals surface area contributed by atoms with Crippen molar-refractivity contribution in [2.45, 2.75) is 13.3 Å². The molecule has 0 fully saturated rings. The fourth-order valence-electron chi connectivity index (χ4n) is 0.948. The van der Waals surface area contributed by atoms with Crippen LogP contribution >= 0.6 is 0 Å². The van der Waals surface area contributed by atoms with Gasteiger partial charge in [0.15, 0.2) is 6.29 Å². The van der Waals surface area contributed by atoms with Crippen molar-refractivity contribution in [1.82, 2.24) is 4.98 Å². The predicted molar refractivity (Wildman–Crippen MR) is 42.1 cm³/mol. The van der Waals surface area contributed by atoms with Crippen LogP contribution in [0.2, 0.25) is 0 Å². The van der Waals surface area contributed by atoms with Gasteiger partial charge in [-0.1, -0.05) is 0 Å². The molecule has 70 valence electrons. The predicted octanol–water partition coefficient (Wildman–Crippen LogP) is 1.43. The zero-order valence-corrected chi connectivity index (χ0v) is 6.80. The molecule has 0 unspecified atom stereocenters. The Morgan fingerprint density at radius 3 is 2.62 bits per heavy atom. The fourth-order valence-corrected chi connectivity index (χ4v) is 0.948. The first-order valence-corrected chi connectivity index (χ1v) is 3.53. The van der Waals surface area contributed by atoms with Crippen LogP contribution in [-0.2, 0) is 0 Å². The monoisotopic (exact) mass is 187 g/mol. The number of carbonyl (C=O) groups is 1. The smallest absolute Gasteiger partial charge is 0.265 e. The third kappa shape index (κ3) is 1.80. The molecule has 0 atom stereocenters. The van der Waals surface area contributed by atoms with E-state index in [2.05, 4.69) is 4.98 Å². The van der Waals surface area contributed by atoms with Gasteiger partial charge in [0.1, 0.15) is 0 Å². The maximum absolute atomic E-state index is 12.2. The van der Waals surface area contributed by atoms with Crippen molar-refractivity contribution in [3.05, 3.63) is 33.2 Å². The number of rotatable bonds is 2. The highest BCUT2D eigenvalue weighted by molar-refractivity contribution is 5.74. The number of pyridine rings is 1. The van der Waals surface area contributed by atoms with Gasteiger partial charge >= 0.3 is 0 Å². The number of aryl methyl sites for hydroxylation is 1. The second-order valence-corrected chi connectivity index (χ2v) is 2.57. The van der Waals surface area contributed by atoms with Crippen LogP contribution in [0.1, 0.15) is 28.0 Å². The molecule has 1 heterocycles. The van der Waals surface area contributed by atoms with Crippen LogP contribution in [0.25, 0.3) is 0 Å². The van der Waals surface area contributed by atoms with Crippen molar-refractivity contribution in [2.75, 3.05) is 0 Å². The Balaban J connectivity index is 3.41. The summed E-state index contributed by atoms with van der Waals surface area (Å²) in [6, 6.07) is 1.02. The van der Waals surface area contributed by atoms with E-state index in [0.29, 0.717) is 0 Å². The number of aromatic nitrogens is 1. The summed E-state index contributed by atoms with van der Waals surface area (Å²) in [4.78, 5) is 23.3. The van der Waals surface area contributed by atoms with E-state index in [-0.39, 0.29) is 17.5 Å². The number of nitrogens with one attached hydrogen (secondary N) is 1. The molecule has 13 heavy (non-hydrogen) atoms. The molecule has 0 aliphatic carbocycles. The highest BCUT2D eigenvalue weighted by atomic mass is 19.3. The van der Waals surface area contributed by atoms with Crippen molar-refractivity contribution < 1.29 is 13.6 Å². The Kier molecular flexibility index (Phi) is 2.55. The Morgan fingerprint density at radius 1 is 1.54 bits per heavy atom. The minimum absolute atomic E-state index is 0.168. The lowest BCUT2D eigenvalue weighted by atomic mass is 10.1. The normalized spacial score (nSPS) is 10.5. The summed E-state index contributed by atoms with van der Waals surface area (Å²) in [5.41, 5.74) is -1.15. The number of carbonyl (C=O) groups excluding carboxylic acids is 1. The molecule has 0 amide bonds. The van der Waals surface area contributed by atoms with E-state index in [1.807, 2.05) is 0 Å². The van der Waals surface area contributed by atoms with Gasteiger partial charge in [-0.05, 0) is 13.0 Å². The van der Waals surface area contributed by atoms with Gasteiger partial charge in [-0.3, -0.25) is 9.59 Å². The summed E-state index contributed by atoms with van der Waals surface area (Å²) < 4.78 is 24.5. The highest BCUT2D eigenvalue weighted by Gasteiger charge is 2.14. The Morgan fingerprint density at radius 2 is 2.15 bits per heavy atom. The molecular formula is C8H7F2NO2. The molecule has 1 aromatic heterocycles. The van der Waals surface area contributed by atoms with Gasteiger partial charge in [0.05, 0.1) is 5.69 Å². The van der Waals surface area contributed by atoms with Crippen LogP contribution in [0.5, 0.6) is 0 Å². The molecule has 1 aromatic rings. The Hall–Kier alpha value is -1.52. The molecule has 0 aromatic carbocycles. The first-order valence-electron chi connectivity index (χ1n) is 3.53.